The Morgan fingerprint density at radius 1 is 1.34 bits per heavy atom. The van der Waals surface area contributed by atoms with E-state index in [1.54, 1.807) is 11.3 Å². The van der Waals surface area contributed by atoms with Crippen molar-refractivity contribution in [3.63, 3.8) is 0 Å². The molecule has 3 aromatic rings. The number of piperidine rings is 1. The molecule has 2 N–H and O–H groups in total. The molecule has 5 rings (SSSR count). The molecule has 1 aliphatic carbocycles. The third-order valence-corrected chi connectivity index (χ3v) is 9.24. The van der Waals surface area contributed by atoms with Crippen LogP contribution in [0.2, 0.25) is 0 Å². The van der Waals surface area contributed by atoms with Crippen molar-refractivity contribution in [1.29, 1.82) is 0 Å². The first kappa shape index (κ1) is 22.1. The number of rotatable bonds is 8. The highest BCUT2D eigenvalue weighted by Gasteiger charge is 2.22. The highest BCUT2D eigenvalue weighted by Crippen LogP contribution is 2.34. The minimum absolute atomic E-state index is 0.0288. The van der Waals surface area contributed by atoms with Crippen LogP contribution in [0.5, 0.6) is 0 Å². The lowest BCUT2D eigenvalue weighted by Crippen LogP contribution is -2.40. The predicted molar refractivity (Wildman–Crippen MR) is 134 cm³/mol. The maximum Gasteiger partial charge on any atom is 0.259 e. The van der Waals surface area contributed by atoms with Crippen LogP contribution in [0.25, 0.3) is 10.2 Å². The Hall–Kier alpha value is -1.68. The van der Waals surface area contributed by atoms with Crippen LogP contribution in [0.4, 0.5) is 0 Å². The van der Waals surface area contributed by atoms with Gasteiger partial charge in [-0.2, -0.15) is 0 Å². The van der Waals surface area contributed by atoms with Crippen LogP contribution in [0.1, 0.15) is 40.4 Å². The summed E-state index contributed by atoms with van der Waals surface area (Å²) in [5.74, 6) is 2.16. The van der Waals surface area contributed by atoms with E-state index in [1.807, 2.05) is 11.3 Å². The molecule has 6 nitrogen and oxygen atoms in total. The Bertz CT molecular complexity index is 1140. The maximum atomic E-state index is 12.5. The average molecular weight is 489 g/mol. The summed E-state index contributed by atoms with van der Waals surface area (Å²) in [7, 11) is 0. The summed E-state index contributed by atoms with van der Waals surface area (Å²) in [4.78, 5) is 38.6. The molecule has 1 amide bonds. The smallest absolute Gasteiger partial charge is 0.259 e. The standard InChI is InChI=1S/C23H28N4O2S3/c28-20(24-10-15-4-2-8-27(11-15)12-16-5-3-9-31-16)14-30-13-19-25-22(29)21-17-6-1-7-18(17)32-23(21)26-19/h3,5,9,15H,1-2,4,6-8,10-14H2,(H,24,28)(H,25,26,29). The molecule has 9 heteroatoms. The topological polar surface area (TPSA) is 78.1 Å². The molecule has 2 aliphatic rings. The second-order valence-electron chi connectivity index (χ2n) is 8.67. The van der Waals surface area contributed by atoms with Gasteiger partial charge in [-0.1, -0.05) is 6.07 Å². The first-order valence-electron chi connectivity index (χ1n) is 11.3. The highest BCUT2D eigenvalue weighted by molar-refractivity contribution is 7.99. The number of thioether (sulfide) groups is 1. The molecule has 1 saturated heterocycles. The molecule has 1 fully saturated rings. The van der Waals surface area contributed by atoms with Crippen molar-refractivity contribution in [2.75, 3.05) is 25.4 Å². The van der Waals surface area contributed by atoms with E-state index in [2.05, 4.69) is 37.7 Å². The van der Waals surface area contributed by atoms with Crippen LogP contribution in [0, 0.1) is 5.92 Å². The zero-order valence-electron chi connectivity index (χ0n) is 18.0. The maximum absolute atomic E-state index is 12.5. The molecular weight excluding hydrogens is 460 g/mol. The number of thiophene rings is 2. The lowest BCUT2D eigenvalue weighted by molar-refractivity contribution is -0.118. The predicted octanol–water partition coefficient (Wildman–Crippen LogP) is 3.80. The van der Waals surface area contributed by atoms with E-state index in [1.165, 1.54) is 39.9 Å². The van der Waals surface area contributed by atoms with Crippen LogP contribution in [0.15, 0.2) is 22.3 Å². The molecule has 3 aromatic heterocycles. The number of nitrogens with zero attached hydrogens (tertiary/aromatic N) is 2. The molecule has 4 heterocycles. The number of likely N-dealkylation sites (tertiary alicyclic amines) is 1. The number of aryl methyl sites for hydroxylation is 2. The summed E-state index contributed by atoms with van der Waals surface area (Å²) in [5.41, 5.74) is 1.17. The third-order valence-electron chi connectivity index (χ3n) is 6.25. The molecule has 1 unspecified atom stereocenters. The van der Waals surface area contributed by atoms with Crippen molar-refractivity contribution in [3.8, 4) is 0 Å². The lowest BCUT2D eigenvalue weighted by atomic mass is 9.98. The van der Waals surface area contributed by atoms with Gasteiger partial charge in [0.25, 0.3) is 5.56 Å². The second kappa shape index (κ2) is 10.1. The van der Waals surface area contributed by atoms with Gasteiger partial charge in [-0.05, 0) is 61.6 Å². The third kappa shape index (κ3) is 5.11. The molecule has 0 radical (unpaired) electrons. The average Bonchev–Trinajstić information content (AvgIpc) is 3.50. The van der Waals surface area contributed by atoms with Crippen molar-refractivity contribution >= 4 is 50.6 Å². The summed E-state index contributed by atoms with van der Waals surface area (Å²) in [5, 5.41) is 6.03. The molecule has 0 bridgehead atoms. The van der Waals surface area contributed by atoms with E-state index in [9.17, 15) is 9.59 Å². The molecule has 32 heavy (non-hydrogen) atoms. The van der Waals surface area contributed by atoms with Crippen molar-refractivity contribution in [2.24, 2.45) is 5.92 Å². The van der Waals surface area contributed by atoms with E-state index >= 15 is 0 Å². The fraction of sp³-hybridized carbons (Fsp3) is 0.522. The summed E-state index contributed by atoms with van der Waals surface area (Å²) >= 11 is 4.97. The highest BCUT2D eigenvalue weighted by atomic mass is 32.2. The molecule has 0 aromatic carbocycles. The van der Waals surface area contributed by atoms with Gasteiger partial charge < -0.3 is 10.3 Å². The van der Waals surface area contributed by atoms with Gasteiger partial charge in [0.15, 0.2) is 0 Å². The molecular formula is C23H28N4O2S3. The van der Waals surface area contributed by atoms with Gasteiger partial charge in [-0.25, -0.2) is 4.98 Å². The Morgan fingerprint density at radius 3 is 3.16 bits per heavy atom. The Balaban J connectivity index is 1.07. The summed E-state index contributed by atoms with van der Waals surface area (Å²) in [6, 6.07) is 4.30. The largest absolute Gasteiger partial charge is 0.355 e. The van der Waals surface area contributed by atoms with E-state index in [4.69, 9.17) is 0 Å². The van der Waals surface area contributed by atoms with Crippen LogP contribution in [-0.2, 0) is 29.9 Å². The summed E-state index contributed by atoms with van der Waals surface area (Å²) < 4.78 is 0. The lowest BCUT2D eigenvalue weighted by Gasteiger charge is -2.32. The quantitative estimate of drug-likeness (QED) is 0.504. The van der Waals surface area contributed by atoms with Crippen LogP contribution < -0.4 is 10.9 Å². The van der Waals surface area contributed by atoms with Crippen molar-refractivity contribution in [3.05, 3.63) is 49.0 Å². The molecule has 170 valence electrons. The SMILES string of the molecule is O=C(CSCc1nc2sc3c(c2c(=O)[nH]1)CCC3)NCC1CCCN(Cc2cccs2)C1. The number of hydrogen-bond acceptors (Lipinski definition) is 7. The van der Waals surface area contributed by atoms with Gasteiger partial charge in [0.1, 0.15) is 10.7 Å². The van der Waals surface area contributed by atoms with Crippen LogP contribution >= 0.6 is 34.4 Å². The van der Waals surface area contributed by atoms with E-state index in [-0.39, 0.29) is 11.5 Å². The monoisotopic (exact) mass is 488 g/mol. The number of aromatic nitrogens is 2. The second-order valence-corrected chi connectivity index (χ2v) is 11.8. The summed E-state index contributed by atoms with van der Waals surface area (Å²) in [6.07, 6.45) is 5.55. The summed E-state index contributed by atoms with van der Waals surface area (Å²) in [6.45, 7) is 3.94. The molecule has 1 aliphatic heterocycles. The van der Waals surface area contributed by atoms with Crippen molar-refractivity contribution < 1.29 is 4.79 Å². The van der Waals surface area contributed by atoms with Gasteiger partial charge in [0, 0.05) is 29.4 Å². The van der Waals surface area contributed by atoms with Crippen LogP contribution in [0.3, 0.4) is 0 Å². The minimum Gasteiger partial charge on any atom is -0.355 e. The van der Waals surface area contributed by atoms with Gasteiger partial charge in [-0.15, -0.1) is 34.4 Å². The zero-order chi connectivity index (χ0) is 21.9. The van der Waals surface area contributed by atoms with Crippen molar-refractivity contribution in [2.45, 2.75) is 44.4 Å². The normalized spacial score (nSPS) is 18.8. The van der Waals surface area contributed by atoms with Gasteiger partial charge in [0.05, 0.1) is 16.9 Å². The number of aromatic amines is 1. The fourth-order valence-electron chi connectivity index (χ4n) is 4.75. The van der Waals surface area contributed by atoms with E-state index < -0.39 is 0 Å². The number of hydrogen-bond donors (Lipinski definition) is 2. The van der Waals surface area contributed by atoms with Gasteiger partial charge in [0.2, 0.25) is 5.91 Å². The van der Waals surface area contributed by atoms with Gasteiger partial charge >= 0.3 is 0 Å². The van der Waals surface area contributed by atoms with Gasteiger partial charge in [-0.3, -0.25) is 14.5 Å². The fourth-order valence-corrected chi connectivity index (χ4v) is 7.50. The number of H-pyrrole nitrogens is 1. The molecule has 0 saturated carbocycles. The number of fused-ring (bicyclic) bond motifs is 3. The minimum atomic E-state index is -0.0288. The Kier molecular flexibility index (Phi) is 6.96. The first-order chi connectivity index (χ1) is 15.7. The number of carbonyl (C=O) groups excluding carboxylic acids is 1. The molecule has 0 spiro atoms. The molecule has 1 atom stereocenters. The number of nitrogens with one attached hydrogen (secondary N) is 2. The van der Waals surface area contributed by atoms with Crippen molar-refractivity contribution in [1.82, 2.24) is 20.2 Å². The zero-order valence-corrected chi connectivity index (χ0v) is 20.5. The Labute approximate surface area is 199 Å². The first-order valence-corrected chi connectivity index (χ1v) is 14.1. The number of carbonyl (C=O) groups is 1. The van der Waals surface area contributed by atoms with E-state index in [0.717, 1.165) is 55.7 Å². The Morgan fingerprint density at radius 2 is 2.28 bits per heavy atom. The number of amides is 1. The van der Waals surface area contributed by atoms with E-state index in [0.29, 0.717) is 23.2 Å². The van der Waals surface area contributed by atoms with Crippen LogP contribution in [-0.4, -0.2) is 46.2 Å².